The number of aliphatic hydroxyl groups is 1. The molecule has 3 N–H and O–H groups in total. The van der Waals surface area contributed by atoms with Crippen molar-refractivity contribution in [3.8, 4) is 0 Å². The number of hydrogen-bond acceptors (Lipinski definition) is 9. The van der Waals surface area contributed by atoms with Crippen LogP contribution in [0, 0.1) is 0 Å². The van der Waals surface area contributed by atoms with Gasteiger partial charge in [-0.2, -0.15) is 0 Å². The van der Waals surface area contributed by atoms with Gasteiger partial charge in [0.05, 0.1) is 30.3 Å². The Kier molecular flexibility index (Phi) is 9.57. The third-order valence-electron chi connectivity index (χ3n) is 4.96. The predicted octanol–water partition coefficient (Wildman–Crippen LogP) is 1.96. The first kappa shape index (κ1) is 25.8. The summed E-state index contributed by atoms with van der Waals surface area (Å²) in [5.41, 5.74) is 0.355. The first-order chi connectivity index (χ1) is 16.4. The van der Waals surface area contributed by atoms with Crippen molar-refractivity contribution in [2.75, 3.05) is 38.2 Å². The first-order valence-electron chi connectivity index (χ1n) is 10.8. The van der Waals surface area contributed by atoms with Crippen molar-refractivity contribution in [2.24, 2.45) is 0 Å². The van der Waals surface area contributed by atoms with Crippen molar-refractivity contribution in [3.63, 3.8) is 0 Å². The average molecular weight is 507 g/mol. The van der Waals surface area contributed by atoms with Crippen LogP contribution in [0.1, 0.15) is 31.2 Å². The van der Waals surface area contributed by atoms with E-state index in [0.29, 0.717) is 59.6 Å². The number of ether oxygens (including phenoxy) is 1. The molecule has 1 saturated heterocycles. The second kappa shape index (κ2) is 12.6. The van der Waals surface area contributed by atoms with Crippen molar-refractivity contribution < 1.29 is 24.5 Å². The Morgan fingerprint density at radius 3 is 2.82 bits per heavy atom. The normalized spacial score (nSPS) is 15.0. The number of unbranched alkanes of at least 4 members (excludes halogenated alkanes) is 2. The van der Waals surface area contributed by atoms with E-state index in [0.717, 1.165) is 11.8 Å². The Hall–Kier alpha value is -2.80. The molecular formula is C22H26N4O6S2. The van der Waals surface area contributed by atoms with Crippen LogP contribution in [0.5, 0.6) is 0 Å². The molecule has 0 bridgehead atoms. The number of aliphatic hydroxyl groups excluding tert-OH is 1. The fourth-order valence-corrected chi connectivity index (χ4v) is 4.61. The molecule has 0 unspecified atom stereocenters. The number of aromatic nitrogens is 2. The number of nitrogens with one attached hydrogen (secondary N) is 1. The van der Waals surface area contributed by atoms with E-state index in [-0.39, 0.29) is 36.7 Å². The number of carbonyl (C=O) groups is 2. The fraction of sp³-hybridized carbons (Fsp3) is 0.409. The van der Waals surface area contributed by atoms with E-state index in [4.69, 9.17) is 27.2 Å². The Morgan fingerprint density at radius 2 is 2.06 bits per heavy atom. The monoisotopic (exact) mass is 506 g/mol. The van der Waals surface area contributed by atoms with Crippen molar-refractivity contribution in [2.45, 2.75) is 25.7 Å². The Morgan fingerprint density at radius 1 is 1.24 bits per heavy atom. The molecule has 0 atom stereocenters. The molecule has 0 aromatic carbocycles. The van der Waals surface area contributed by atoms with Crippen LogP contribution in [0.3, 0.4) is 0 Å². The summed E-state index contributed by atoms with van der Waals surface area (Å²) in [5, 5.41) is 20.6. The highest BCUT2D eigenvalue weighted by Crippen LogP contribution is 2.33. The molecule has 0 radical (unpaired) electrons. The summed E-state index contributed by atoms with van der Waals surface area (Å²) >= 11 is 6.49. The largest absolute Gasteiger partial charge is 0.481 e. The number of rotatable bonds is 13. The lowest BCUT2D eigenvalue weighted by Gasteiger charge is -2.14. The van der Waals surface area contributed by atoms with Crippen molar-refractivity contribution >= 4 is 57.7 Å². The van der Waals surface area contributed by atoms with Crippen LogP contribution in [0.25, 0.3) is 11.7 Å². The van der Waals surface area contributed by atoms with Gasteiger partial charge >= 0.3 is 5.97 Å². The lowest BCUT2D eigenvalue weighted by molar-refractivity contribution is -0.137. The number of thioether (sulfide) groups is 1. The molecule has 3 rings (SSSR count). The molecule has 3 heterocycles. The molecule has 1 fully saturated rings. The van der Waals surface area contributed by atoms with Gasteiger partial charge in [-0.3, -0.25) is 23.7 Å². The smallest absolute Gasteiger partial charge is 0.303 e. The summed E-state index contributed by atoms with van der Waals surface area (Å²) in [6.07, 6.45) is 5.06. The van der Waals surface area contributed by atoms with Crippen molar-refractivity contribution in [3.05, 3.63) is 45.2 Å². The number of nitrogens with zero attached hydrogens (tertiary/aromatic N) is 3. The Labute approximate surface area is 205 Å². The fourth-order valence-electron chi connectivity index (χ4n) is 3.32. The number of pyridine rings is 1. The van der Waals surface area contributed by atoms with Gasteiger partial charge in [0, 0.05) is 25.7 Å². The van der Waals surface area contributed by atoms with Crippen molar-refractivity contribution in [1.82, 2.24) is 14.3 Å². The van der Waals surface area contributed by atoms with Gasteiger partial charge in [0.25, 0.3) is 11.5 Å². The maximum Gasteiger partial charge on any atom is 0.303 e. The molecule has 182 valence electrons. The number of hydrogen-bond donors (Lipinski definition) is 3. The summed E-state index contributed by atoms with van der Waals surface area (Å²) in [7, 11) is 0. The number of aliphatic carboxylic acids is 1. The summed E-state index contributed by atoms with van der Waals surface area (Å²) in [6.45, 7) is 1.18. The van der Waals surface area contributed by atoms with E-state index in [1.807, 2.05) is 0 Å². The molecule has 2 aromatic rings. The minimum atomic E-state index is -0.840. The van der Waals surface area contributed by atoms with Crippen LogP contribution >= 0.6 is 24.0 Å². The standard InChI is InChI=1S/C22H26N4O6S2/c27-11-13-32-12-8-23-19-15(20(30)25-9-5-3-6-17(25)24-19)14-16-21(31)26(22(33)34-16)10-4-1-2-7-18(28)29/h3,5-6,9,14,23,27H,1-2,4,7-8,10-13H2,(H,28,29). The quantitative estimate of drug-likeness (QED) is 0.210. The molecule has 1 aliphatic rings. The predicted molar refractivity (Wildman–Crippen MR) is 134 cm³/mol. The average Bonchev–Trinajstić information content (AvgIpc) is 3.08. The minimum absolute atomic E-state index is 0.0811. The Balaban J connectivity index is 1.80. The highest BCUT2D eigenvalue weighted by molar-refractivity contribution is 8.26. The number of amides is 1. The summed E-state index contributed by atoms with van der Waals surface area (Å²) in [4.78, 5) is 43.1. The zero-order valence-electron chi connectivity index (χ0n) is 18.4. The number of anilines is 1. The number of thiocarbonyl (C=S) groups is 1. The van der Waals surface area contributed by atoms with Gasteiger partial charge in [0.15, 0.2) is 0 Å². The molecule has 1 aliphatic heterocycles. The van der Waals surface area contributed by atoms with Crippen molar-refractivity contribution in [1.29, 1.82) is 0 Å². The van der Waals surface area contributed by atoms with E-state index in [2.05, 4.69) is 10.3 Å². The maximum atomic E-state index is 13.2. The Bertz CT molecular complexity index is 1150. The third kappa shape index (κ3) is 6.63. The SMILES string of the molecule is O=C(O)CCCCCN1C(=O)C(=Cc2c(NCCOCCO)nc3ccccn3c2=O)SC1=S. The van der Waals surface area contributed by atoms with E-state index in [1.165, 1.54) is 15.4 Å². The molecule has 34 heavy (non-hydrogen) atoms. The van der Waals surface area contributed by atoms with Crippen LogP contribution in [0.15, 0.2) is 34.1 Å². The van der Waals surface area contributed by atoms with Crippen LogP contribution < -0.4 is 10.9 Å². The topological polar surface area (TPSA) is 133 Å². The number of carboxylic acids is 1. The molecular weight excluding hydrogens is 480 g/mol. The molecule has 0 aliphatic carbocycles. The van der Waals surface area contributed by atoms with Gasteiger partial charge in [-0.15, -0.1) is 0 Å². The minimum Gasteiger partial charge on any atom is -0.481 e. The second-order valence-corrected chi connectivity index (χ2v) is 9.08. The van der Waals surface area contributed by atoms with Gasteiger partial charge in [0.1, 0.15) is 15.8 Å². The molecule has 1 amide bonds. The lowest BCUT2D eigenvalue weighted by atomic mass is 10.2. The molecule has 0 saturated carbocycles. The second-order valence-electron chi connectivity index (χ2n) is 7.41. The van der Waals surface area contributed by atoms with E-state index < -0.39 is 5.97 Å². The molecule has 2 aromatic heterocycles. The van der Waals surface area contributed by atoms with Gasteiger partial charge < -0.3 is 20.3 Å². The van der Waals surface area contributed by atoms with E-state index >= 15 is 0 Å². The van der Waals surface area contributed by atoms with Gasteiger partial charge in [-0.1, -0.05) is 36.5 Å². The number of carbonyl (C=O) groups excluding carboxylic acids is 1. The highest BCUT2D eigenvalue weighted by atomic mass is 32.2. The number of fused-ring (bicyclic) bond motifs is 1. The van der Waals surface area contributed by atoms with E-state index in [9.17, 15) is 14.4 Å². The summed E-state index contributed by atoms with van der Waals surface area (Å²) in [6, 6.07) is 5.21. The molecule has 12 heteroatoms. The third-order valence-corrected chi connectivity index (χ3v) is 6.34. The highest BCUT2D eigenvalue weighted by Gasteiger charge is 2.32. The molecule has 10 nitrogen and oxygen atoms in total. The maximum absolute atomic E-state index is 13.2. The first-order valence-corrected chi connectivity index (χ1v) is 12.1. The van der Waals surface area contributed by atoms with Gasteiger partial charge in [-0.25, -0.2) is 4.98 Å². The van der Waals surface area contributed by atoms with Gasteiger partial charge in [-0.05, 0) is 31.1 Å². The van der Waals surface area contributed by atoms with Crippen LogP contribution in [-0.4, -0.2) is 73.6 Å². The summed E-state index contributed by atoms with van der Waals surface area (Å²) < 4.78 is 7.06. The number of carboxylic acid groups (broad SMARTS) is 1. The van der Waals surface area contributed by atoms with Crippen LogP contribution in [0.4, 0.5) is 5.82 Å². The van der Waals surface area contributed by atoms with E-state index in [1.54, 1.807) is 24.4 Å². The van der Waals surface area contributed by atoms with Crippen LogP contribution in [0.2, 0.25) is 0 Å². The summed E-state index contributed by atoms with van der Waals surface area (Å²) in [5.74, 6) is -0.807. The zero-order valence-corrected chi connectivity index (χ0v) is 20.1. The molecule has 0 spiro atoms. The zero-order chi connectivity index (χ0) is 24.5. The lowest BCUT2D eigenvalue weighted by Crippen LogP contribution is -2.29. The van der Waals surface area contributed by atoms with Gasteiger partial charge in [0.2, 0.25) is 0 Å². The van der Waals surface area contributed by atoms with Crippen LogP contribution in [-0.2, 0) is 14.3 Å².